The minimum absolute atomic E-state index is 0.0942. The lowest BCUT2D eigenvalue weighted by molar-refractivity contribution is -0.384. The van der Waals surface area contributed by atoms with Gasteiger partial charge in [-0.2, -0.15) is 0 Å². The molecule has 4 aromatic carbocycles. The zero-order valence-electron chi connectivity index (χ0n) is 24.5. The van der Waals surface area contributed by atoms with Gasteiger partial charge in [-0.25, -0.2) is 9.79 Å². The van der Waals surface area contributed by atoms with Crippen LogP contribution in [0.2, 0.25) is 0 Å². The zero-order chi connectivity index (χ0) is 32.5. The molecule has 2 heterocycles. The van der Waals surface area contributed by atoms with Crippen LogP contribution in [-0.4, -0.2) is 22.1 Å². The fourth-order valence-corrected chi connectivity index (χ4v) is 8.58. The molecule has 0 aliphatic carbocycles. The summed E-state index contributed by atoms with van der Waals surface area (Å²) in [4.78, 5) is 42.9. The number of aromatic nitrogens is 1. The smallest absolute Gasteiger partial charge is 0.338 e. The van der Waals surface area contributed by atoms with Gasteiger partial charge in [-0.15, -0.1) is 0 Å². The molecule has 0 radical (unpaired) electrons. The number of ether oxygens (including phenoxy) is 2. The molecule has 0 saturated heterocycles. The average molecular weight is 857 g/mol. The van der Waals surface area contributed by atoms with Gasteiger partial charge < -0.3 is 9.47 Å². The van der Waals surface area contributed by atoms with Gasteiger partial charge in [0.25, 0.3) is 11.2 Å². The van der Waals surface area contributed by atoms with Crippen molar-refractivity contribution in [2.45, 2.75) is 26.5 Å². The summed E-state index contributed by atoms with van der Waals surface area (Å²) in [5, 5.41) is 13.6. The highest BCUT2D eigenvalue weighted by atomic mass is 127. The highest BCUT2D eigenvalue weighted by Gasteiger charge is 2.33. The Labute approximate surface area is 294 Å². The maximum Gasteiger partial charge on any atom is 0.338 e. The van der Waals surface area contributed by atoms with Gasteiger partial charge >= 0.3 is 5.97 Å². The third-order valence-electron chi connectivity index (χ3n) is 7.51. The predicted molar refractivity (Wildman–Crippen MR) is 194 cm³/mol. The van der Waals surface area contributed by atoms with Crippen LogP contribution in [0.25, 0.3) is 16.8 Å². The summed E-state index contributed by atoms with van der Waals surface area (Å²) < 4.78 is 15.3. The molecule has 12 heteroatoms. The van der Waals surface area contributed by atoms with E-state index in [4.69, 9.17) is 9.47 Å². The van der Waals surface area contributed by atoms with Crippen molar-refractivity contribution in [3.63, 3.8) is 0 Å². The van der Waals surface area contributed by atoms with Crippen LogP contribution >= 0.6 is 56.5 Å². The Hall–Kier alpha value is -3.89. The highest BCUT2D eigenvalue weighted by molar-refractivity contribution is 14.1. The first-order valence-electron chi connectivity index (χ1n) is 14.2. The van der Waals surface area contributed by atoms with Gasteiger partial charge in [0.2, 0.25) is 0 Å². The molecule has 0 N–H and O–H groups in total. The van der Waals surface area contributed by atoms with E-state index >= 15 is 0 Å². The van der Waals surface area contributed by atoms with E-state index in [9.17, 15) is 19.7 Å². The SMILES string of the molecule is CCOC(=O)C1=C(C)N=c2s/c(=C/c3cc(I)c(OCc4cccc5ccccc45)c(I)c3)c(=O)n2[C@H]1c1ccc([N+](=O)[O-])cc1. The molecule has 5 aromatic rings. The average Bonchev–Trinajstić information content (AvgIpc) is 3.33. The number of halogens is 2. The first kappa shape index (κ1) is 32.1. The molecular formula is C34H25I2N3O6S. The summed E-state index contributed by atoms with van der Waals surface area (Å²) in [5.41, 5.74) is 2.65. The number of rotatable bonds is 8. The van der Waals surface area contributed by atoms with Crippen LogP contribution in [0.3, 0.4) is 0 Å². The molecular weight excluding hydrogens is 832 g/mol. The molecule has 0 unspecified atom stereocenters. The number of thiazole rings is 1. The largest absolute Gasteiger partial charge is 0.487 e. The Bertz CT molecular complexity index is 2210. The maximum atomic E-state index is 14.0. The van der Waals surface area contributed by atoms with Crippen LogP contribution in [0.4, 0.5) is 5.69 Å². The molecule has 0 spiro atoms. The molecule has 232 valence electrons. The second-order valence-electron chi connectivity index (χ2n) is 10.4. The normalized spacial score (nSPS) is 14.6. The van der Waals surface area contributed by atoms with Crippen molar-refractivity contribution < 1.29 is 19.2 Å². The third-order valence-corrected chi connectivity index (χ3v) is 10.1. The number of allylic oxidation sites excluding steroid dienone is 1. The number of hydrogen-bond donors (Lipinski definition) is 0. The minimum atomic E-state index is -0.858. The number of benzene rings is 4. The van der Waals surface area contributed by atoms with Crippen LogP contribution in [0.1, 0.15) is 36.6 Å². The number of nitrogens with zero attached hydrogens (tertiary/aromatic N) is 3. The first-order valence-corrected chi connectivity index (χ1v) is 17.2. The number of carbonyl (C=O) groups is 1. The predicted octanol–water partition coefficient (Wildman–Crippen LogP) is 6.65. The Kier molecular flexibility index (Phi) is 9.38. The number of fused-ring (bicyclic) bond motifs is 2. The third kappa shape index (κ3) is 6.25. The monoisotopic (exact) mass is 857 g/mol. The second-order valence-corrected chi connectivity index (χ2v) is 13.7. The van der Waals surface area contributed by atoms with Crippen molar-refractivity contribution in [3.05, 3.63) is 144 Å². The lowest BCUT2D eigenvalue weighted by atomic mass is 9.95. The molecule has 46 heavy (non-hydrogen) atoms. The van der Waals surface area contributed by atoms with E-state index in [0.717, 1.165) is 34.8 Å². The molecule has 9 nitrogen and oxygen atoms in total. The zero-order valence-corrected chi connectivity index (χ0v) is 29.7. The molecule has 0 saturated carbocycles. The Morgan fingerprint density at radius 2 is 1.76 bits per heavy atom. The molecule has 1 aliphatic heterocycles. The van der Waals surface area contributed by atoms with E-state index in [1.54, 1.807) is 32.1 Å². The van der Waals surface area contributed by atoms with Gasteiger partial charge in [0.15, 0.2) is 4.80 Å². The quantitative estimate of drug-likeness (QED) is 0.0749. The number of non-ortho nitro benzene ring substituents is 1. The van der Waals surface area contributed by atoms with E-state index in [0.29, 0.717) is 27.2 Å². The van der Waals surface area contributed by atoms with Crippen LogP contribution < -0.4 is 19.6 Å². The van der Waals surface area contributed by atoms with Crippen molar-refractivity contribution >= 4 is 85.0 Å². The minimum Gasteiger partial charge on any atom is -0.487 e. The molecule has 1 aromatic heterocycles. The number of nitro benzene ring substituents is 1. The van der Waals surface area contributed by atoms with Crippen LogP contribution in [0.5, 0.6) is 5.75 Å². The summed E-state index contributed by atoms with van der Waals surface area (Å²) in [5.74, 6) is 0.171. The fraction of sp³-hybridized carbons (Fsp3) is 0.147. The topological polar surface area (TPSA) is 113 Å². The van der Waals surface area contributed by atoms with Crippen molar-refractivity contribution in [1.29, 1.82) is 0 Å². The second kappa shape index (κ2) is 13.5. The number of esters is 1. The fourth-order valence-electron chi connectivity index (χ4n) is 5.41. The lowest BCUT2D eigenvalue weighted by Gasteiger charge is -2.24. The lowest BCUT2D eigenvalue weighted by Crippen LogP contribution is -2.39. The van der Waals surface area contributed by atoms with Gasteiger partial charge in [-0.3, -0.25) is 19.5 Å². The Morgan fingerprint density at radius 3 is 2.46 bits per heavy atom. The number of carbonyl (C=O) groups excluding carboxylic acids is 1. The van der Waals surface area contributed by atoms with Crippen molar-refractivity contribution in [1.82, 2.24) is 4.57 Å². The van der Waals surface area contributed by atoms with Gasteiger partial charge in [0.05, 0.1) is 40.5 Å². The molecule has 0 bridgehead atoms. The molecule has 1 atom stereocenters. The van der Waals surface area contributed by atoms with E-state index in [-0.39, 0.29) is 23.4 Å². The molecule has 6 rings (SSSR count). The van der Waals surface area contributed by atoms with Crippen LogP contribution in [0.15, 0.2) is 99.9 Å². The Balaban J connectivity index is 1.38. The molecule has 0 amide bonds. The van der Waals surface area contributed by atoms with Crippen molar-refractivity contribution in [3.8, 4) is 5.75 Å². The molecule has 0 fully saturated rings. The van der Waals surface area contributed by atoms with Crippen LogP contribution in [0, 0.1) is 17.3 Å². The van der Waals surface area contributed by atoms with Gasteiger partial charge in [0, 0.05) is 12.1 Å². The van der Waals surface area contributed by atoms with Crippen LogP contribution in [-0.2, 0) is 16.1 Å². The van der Waals surface area contributed by atoms with E-state index in [2.05, 4.69) is 74.4 Å². The first-order chi connectivity index (χ1) is 22.2. The number of nitro groups is 1. The number of hydrogen-bond acceptors (Lipinski definition) is 8. The maximum absolute atomic E-state index is 14.0. The van der Waals surface area contributed by atoms with Gasteiger partial charge in [-0.05, 0) is 117 Å². The van der Waals surface area contributed by atoms with E-state index in [1.165, 1.54) is 28.0 Å². The Morgan fingerprint density at radius 1 is 1.07 bits per heavy atom. The standard InChI is InChI=1S/C34H25I2N3O6S/c1-3-44-33(41)29-19(2)37-34-38(30(29)22-11-13-24(14-12-22)39(42)43)32(40)28(46-34)17-20-15-26(35)31(27(36)16-20)45-18-23-9-6-8-21-7-4-5-10-25(21)23/h4-17,30H,3,18H2,1-2H3/b28-17+/t30-/m0/s1. The summed E-state index contributed by atoms with van der Waals surface area (Å²) in [7, 11) is 0. The van der Waals surface area contributed by atoms with Gasteiger partial charge in [0.1, 0.15) is 12.4 Å². The summed E-state index contributed by atoms with van der Waals surface area (Å²) >= 11 is 5.71. The highest BCUT2D eigenvalue weighted by Crippen LogP contribution is 2.33. The summed E-state index contributed by atoms with van der Waals surface area (Å²) in [6.45, 7) is 3.96. The summed E-state index contributed by atoms with van der Waals surface area (Å²) in [6, 6.07) is 23.3. The van der Waals surface area contributed by atoms with Gasteiger partial charge in [-0.1, -0.05) is 53.8 Å². The van der Waals surface area contributed by atoms with E-state index in [1.807, 2.05) is 30.3 Å². The summed E-state index contributed by atoms with van der Waals surface area (Å²) in [6.07, 6.45) is 1.80. The van der Waals surface area contributed by atoms with E-state index < -0.39 is 16.9 Å². The van der Waals surface area contributed by atoms with Crippen molar-refractivity contribution in [2.24, 2.45) is 4.99 Å². The molecule has 1 aliphatic rings. The van der Waals surface area contributed by atoms with Crippen molar-refractivity contribution in [2.75, 3.05) is 6.61 Å².